The van der Waals surface area contributed by atoms with Gasteiger partial charge in [-0.25, -0.2) is 4.79 Å². The molecule has 3 aliphatic heterocycles. The van der Waals surface area contributed by atoms with E-state index in [1.807, 2.05) is 29.2 Å². The molecule has 3 aliphatic rings. The molecule has 7 heteroatoms. The summed E-state index contributed by atoms with van der Waals surface area (Å²) < 4.78 is 10.8. The van der Waals surface area contributed by atoms with E-state index in [4.69, 9.17) is 9.47 Å². The van der Waals surface area contributed by atoms with Gasteiger partial charge in [-0.2, -0.15) is 0 Å². The number of hydrogen-bond acceptors (Lipinski definition) is 5. The molecule has 3 heterocycles. The fraction of sp³-hybridized carbons (Fsp3) is 0.529. The summed E-state index contributed by atoms with van der Waals surface area (Å²) in [4.78, 5) is 29.9. The highest BCUT2D eigenvalue weighted by Crippen LogP contribution is 2.23. The molecule has 24 heavy (non-hydrogen) atoms. The molecule has 128 valence electrons. The van der Waals surface area contributed by atoms with Crippen molar-refractivity contribution < 1.29 is 19.1 Å². The van der Waals surface area contributed by atoms with Crippen LogP contribution in [0.1, 0.15) is 5.56 Å². The van der Waals surface area contributed by atoms with E-state index >= 15 is 0 Å². The van der Waals surface area contributed by atoms with Gasteiger partial charge < -0.3 is 14.4 Å². The molecule has 7 nitrogen and oxygen atoms in total. The van der Waals surface area contributed by atoms with E-state index in [1.54, 1.807) is 4.90 Å². The van der Waals surface area contributed by atoms with E-state index in [9.17, 15) is 9.59 Å². The second kappa shape index (κ2) is 6.32. The summed E-state index contributed by atoms with van der Waals surface area (Å²) in [6.45, 7) is 4.48. The van der Waals surface area contributed by atoms with Gasteiger partial charge in [0.15, 0.2) is 0 Å². The summed E-state index contributed by atoms with van der Waals surface area (Å²) in [7, 11) is 0. The monoisotopic (exact) mass is 331 g/mol. The number of hydrogen-bond donors (Lipinski definition) is 0. The third kappa shape index (κ3) is 2.91. The third-order valence-electron chi connectivity index (χ3n) is 4.86. The Hall–Kier alpha value is -2.28. The number of amides is 2. The van der Waals surface area contributed by atoms with Crippen molar-refractivity contribution in [3.05, 3.63) is 29.8 Å². The number of carbonyl (C=O) groups excluding carboxylic acids is 2. The number of rotatable bonds is 2. The molecule has 4 rings (SSSR count). The van der Waals surface area contributed by atoms with E-state index < -0.39 is 0 Å². The quantitative estimate of drug-likeness (QED) is 0.792. The summed E-state index contributed by atoms with van der Waals surface area (Å²) >= 11 is 0. The van der Waals surface area contributed by atoms with Crippen molar-refractivity contribution in [1.82, 2.24) is 14.7 Å². The van der Waals surface area contributed by atoms with Crippen molar-refractivity contribution in [3.8, 4) is 5.75 Å². The van der Waals surface area contributed by atoms with Crippen LogP contribution in [0, 0.1) is 0 Å². The maximum Gasteiger partial charge on any atom is 0.410 e. The van der Waals surface area contributed by atoms with Crippen molar-refractivity contribution in [3.63, 3.8) is 0 Å². The van der Waals surface area contributed by atoms with E-state index in [0.29, 0.717) is 45.9 Å². The van der Waals surface area contributed by atoms with Gasteiger partial charge in [0, 0.05) is 38.3 Å². The summed E-state index contributed by atoms with van der Waals surface area (Å²) in [6, 6.07) is 7.96. The van der Waals surface area contributed by atoms with Crippen LogP contribution in [0.5, 0.6) is 5.75 Å². The first-order valence-electron chi connectivity index (χ1n) is 8.35. The first-order chi connectivity index (χ1) is 11.7. The van der Waals surface area contributed by atoms with E-state index in [2.05, 4.69) is 4.90 Å². The number of nitrogens with zero attached hydrogens (tertiary/aromatic N) is 3. The minimum atomic E-state index is -0.256. The largest absolute Gasteiger partial charge is 0.492 e. The molecule has 0 spiro atoms. The zero-order valence-electron chi connectivity index (χ0n) is 13.5. The average molecular weight is 331 g/mol. The Morgan fingerprint density at radius 3 is 2.96 bits per heavy atom. The van der Waals surface area contributed by atoms with Crippen molar-refractivity contribution in [2.45, 2.75) is 12.6 Å². The van der Waals surface area contributed by atoms with Crippen LogP contribution in [0.3, 0.4) is 0 Å². The third-order valence-corrected chi connectivity index (χ3v) is 4.86. The number of para-hydroxylation sites is 1. The van der Waals surface area contributed by atoms with Gasteiger partial charge in [0.1, 0.15) is 19.0 Å². The molecule has 0 saturated carbocycles. The van der Waals surface area contributed by atoms with E-state index in [0.717, 1.165) is 17.9 Å². The number of benzene rings is 1. The van der Waals surface area contributed by atoms with Crippen molar-refractivity contribution in [2.75, 3.05) is 45.9 Å². The molecule has 0 N–H and O–H groups in total. The minimum Gasteiger partial charge on any atom is -0.492 e. The van der Waals surface area contributed by atoms with E-state index in [1.165, 1.54) is 0 Å². The Labute approximate surface area is 140 Å². The van der Waals surface area contributed by atoms with Crippen molar-refractivity contribution >= 4 is 12.0 Å². The highest BCUT2D eigenvalue weighted by Gasteiger charge is 2.38. The molecule has 0 aromatic heterocycles. The van der Waals surface area contributed by atoms with Crippen LogP contribution >= 0.6 is 0 Å². The SMILES string of the molecule is O=C(CN1CCOc2ccccc2C1)N1CCN2C(=O)OC[C@H]2C1. The molecule has 1 aromatic carbocycles. The maximum atomic E-state index is 12.7. The summed E-state index contributed by atoms with van der Waals surface area (Å²) in [6.07, 6.45) is -0.256. The van der Waals surface area contributed by atoms with Crippen molar-refractivity contribution in [1.29, 1.82) is 0 Å². The second-order valence-corrected chi connectivity index (χ2v) is 6.43. The van der Waals surface area contributed by atoms with Crippen LogP contribution in [-0.2, 0) is 16.1 Å². The minimum absolute atomic E-state index is 0.00314. The molecule has 2 amide bonds. The molecular weight excluding hydrogens is 310 g/mol. The van der Waals surface area contributed by atoms with Crippen LogP contribution in [0.2, 0.25) is 0 Å². The molecule has 0 bridgehead atoms. The fourth-order valence-corrected chi connectivity index (χ4v) is 3.52. The lowest BCUT2D eigenvalue weighted by molar-refractivity contribution is -0.134. The van der Waals surface area contributed by atoms with Crippen LogP contribution in [0.4, 0.5) is 4.79 Å². The lowest BCUT2D eigenvalue weighted by Gasteiger charge is -2.36. The Bertz CT molecular complexity index is 650. The molecule has 2 saturated heterocycles. The Kier molecular flexibility index (Phi) is 4.02. The fourth-order valence-electron chi connectivity index (χ4n) is 3.52. The highest BCUT2D eigenvalue weighted by molar-refractivity contribution is 5.79. The standard InChI is InChI=1S/C17H21N3O4/c21-16(19-5-6-20-14(10-19)12-24-17(20)22)11-18-7-8-23-15-4-2-1-3-13(15)9-18/h1-4,14H,5-12H2/t14-/m1/s1. The topological polar surface area (TPSA) is 62.3 Å². The Morgan fingerprint density at radius 1 is 1.17 bits per heavy atom. The zero-order chi connectivity index (χ0) is 16.5. The number of piperazine rings is 1. The van der Waals surface area contributed by atoms with Gasteiger partial charge in [-0.3, -0.25) is 14.6 Å². The van der Waals surface area contributed by atoms with Crippen LogP contribution in [-0.4, -0.2) is 78.7 Å². The maximum absolute atomic E-state index is 12.7. The normalized spacial score (nSPS) is 23.8. The van der Waals surface area contributed by atoms with Crippen molar-refractivity contribution in [2.24, 2.45) is 0 Å². The average Bonchev–Trinajstić information content (AvgIpc) is 2.84. The van der Waals surface area contributed by atoms with Gasteiger partial charge in [0.25, 0.3) is 0 Å². The number of ether oxygens (including phenoxy) is 2. The van der Waals surface area contributed by atoms with Gasteiger partial charge >= 0.3 is 6.09 Å². The van der Waals surface area contributed by atoms with E-state index in [-0.39, 0.29) is 18.0 Å². The lowest BCUT2D eigenvalue weighted by atomic mass is 10.2. The highest BCUT2D eigenvalue weighted by atomic mass is 16.6. The van der Waals surface area contributed by atoms with Gasteiger partial charge in [-0.05, 0) is 6.07 Å². The second-order valence-electron chi connectivity index (χ2n) is 6.43. The molecule has 0 aliphatic carbocycles. The predicted molar refractivity (Wildman–Crippen MR) is 85.6 cm³/mol. The van der Waals surface area contributed by atoms with Gasteiger partial charge in [-0.15, -0.1) is 0 Å². The van der Waals surface area contributed by atoms with Crippen LogP contribution in [0.15, 0.2) is 24.3 Å². The first-order valence-corrected chi connectivity index (χ1v) is 8.35. The zero-order valence-corrected chi connectivity index (χ0v) is 13.5. The van der Waals surface area contributed by atoms with Crippen LogP contribution in [0.25, 0.3) is 0 Å². The Morgan fingerprint density at radius 2 is 2.04 bits per heavy atom. The summed E-state index contributed by atoms with van der Waals surface area (Å²) in [5.41, 5.74) is 1.11. The first kappa shape index (κ1) is 15.3. The lowest BCUT2D eigenvalue weighted by Crippen LogP contribution is -2.55. The van der Waals surface area contributed by atoms with Gasteiger partial charge in [0.2, 0.25) is 5.91 Å². The van der Waals surface area contributed by atoms with Gasteiger partial charge in [-0.1, -0.05) is 18.2 Å². The number of fused-ring (bicyclic) bond motifs is 2. The summed E-state index contributed by atoms with van der Waals surface area (Å²) in [5.74, 6) is 1.01. The molecule has 0 unspecified atom stereocenters. The number of carbonyl (C=O) groups is 2. The Balaban J connectivity index is 1.37. The van der Waals surface area contributed by atoms with Gasteiger partial charge in [0.05, 0.1) is 12.6 Å². The molecule has 1 atom stereocenters. The molecule has 2 fully saturated rings. The summed E-state index contributed by atoms with van der Waals surface area (Å²) in [5, 5.41) is 0. The number of cyclic esters (lactones) is 1. The predicted octanol–water partition coefficient (Wildman–Crippen LogP) is 0.544. The molecule has 0 radical (unpaired) electrons. The molecular formula is C17H21N3O4. The molecule has 1 aromatic rings. The smallest absolute Gasteiger partial charge is 0.410 e. The van der Waals surface area contributed by atoms with Crippen LogP contribution < -0.4 is 4.74 Å².